The molecule has 4 nitrogen and oxygen atoms in total. The molecule has 1 aromatic carbocycles. The van der Waals surface area contributed by atoms with Crippen LogP contribution in [-0.4, -0.2) is 10.9 Å². The number of carbonyl (C=O) groups is 1. The zero-order valence-electron chi connectivity index (χ0n) is 11.3. The predicted molar refractivity (Wildman–Crippen MR) is 80.7 cm³/mol. The second-order valence-electron chi connectivity index (χ2n) is 4.52. The molecule has 0 aliphatic heterocycles. The fourth-order valence-corrected chi connectivity index (χ4v) is 1.81. The lowest BCUT2D eigenvalue weighted by Gasteiger charge is -2.11. The first kappa shape index (κ1) is 13.8. The highest BCUT2D eigenvalue weighted by molar-refractivity contribution is 5.92. The summed E-state index contributed by atoms with van der Waals surface area (Å²) in [5, 5.41) is 2.88. The van der Waals surface area contributed by atoms with Crippen molar-refractivity contribution in [1.29, 1.82) is 0 Å². The van der Waals surface area contributed by atoms with Crippen LogP contribution >= 0.6 is 0 Å². The molecule has 0 aliphatic carbocycles. The number of hydrogen-bond acceptors (Lipinski definition) is 3. The van der Waals surface area contributed by atoms with Gasteiger partial charge in [0.2, 0.25) is 5.91 Å². The quantitative estimate of drug-likeness (QED) is 0.660. The van der Waals surface area contributed by atoms with Crippen molar-refractivity contribution in [3.63, 3.8) is 0 Å². The van der Waals surface area contributed by atoms with Crippen molar-refractivity contribution < 1.29 is 4.79 Å². The zero-order chi connectivity index (χ0) is 14.4. The summed E-state index contributed by atoms with van der Waals surface area (Å²) in [6.45, 7) is 1.92. The van der Waals surface area contributed by atoms with E-state index < -0.39 is 0 Å². The van der Waals surface area contributed by atoms with Crippen LogP contribution in [0.15, 0.2) is 54.9 Å². The zero-order valence-corrected chi connectivity index (χ0v) is 11.3. The van der Waals surface area contributed by atoms with Crippen LogP contribution in [0.1, 0.15) is 24.1 Å². The molecule has 0 aliphatic rings. The maximum Gasteiger partial charge on any atom is 0.244 e. The number of nitrogens with zero attached hydrogens (tertiary/aromatic N) is 1. The number of anilines is 1. The van der Waals surface area contributed by atoms with Gasteiger partial charge < -0.3 is 11.1 Å². The van der Waals surface area contributed by atoms with Crippen molar-refractivity contribution in [1.82, 2.24) is 10.3 Å². The Hall–Kier alpha value is -2.62. The number of nitrogens with two attached hydrogens (primary N) is 1. The highest BCUT2D eigenvalue weighted by atomic mass is 16.1. The Morgan fingerprint density at radius 1 is 1.35 bits per heavy atom. The van der Waals surface area contributed by atoms with Crippen LogP contribution in [0.5, 0.6) is 0 Å². The molecule has 1 unspecified atom stereocenters. The van der Waals surface area contributed by atoms with Crippen molar-refractivity contribution in [3.8, 4) is 0 Å². The highest BCUT2D eigenvalue weighted by Crippen LogP contribution is 2.10. The molecule has 1 heterocycles. The third-order valence-electron chi connectivity index (χ3n) is 2.88. The average molecular weight is 267 g/mol. The number of benzene rings is 1. The minimum Gasteiger partial charge on any atom is -0.399 e. The monoisotopic (exact) mass is 267 g/mol. The third-order valence-corrected chi connectivity index (χ3v) is 2.88. The van der Waals surface area contributed by atoms with E-state index in [-0.39, 0.29) is 11.9 Å². The van der Waals surface area contributed by atoms with Gasteiger partial charge in [-0.3, -0.25) is 9.78 Å². The highest BCUT2D eigenvalue weighted by Gasteiger charge is 2.06. The molecule has 0 saturated heterocycles. The number of amides is 1. The van der Waals surface area contributed by atoms with Crippen molar-refractivity contribution in [2.75, 3.05) is 5.73 Å². The molecular weight excluding hydrogens is 250 g/mol. The fourth-order valence-electron chi connectivity index (χ4n) is 1.81. The van der Waals surface area contributed by atoms with Crippen molar-refractivity contribution in [2.24, 2.45) is 0 Å². The summed E-state index contributed by atoms with van der Waals surface area (Å²) in [7, 11) is 0. The van der Waals surface area contributed by atoms with Crippen LogP contribution in [0.3, 0.4) is 0 Å². The molecule has 1 aromatic heterocycles. The first-order valence-electron chi connectivity index (χ1n) is 6.39. The normalized spacial score (nSPS) is 12.2. The molecule has 2 rings (SSSR count). The van der Waals surface area contributed by atoms with Gasteiger partial charge in [-0.2, -0.15) is 0 Å². The van der Waals surface area contributed by atoms with Crippen LogP contribution < -0.4 is 11.1 Å². The van der Waals surface area contributed by atoms with E-state index in [0.29, 0.717) is 5.69 Å². The number of carbonyl (C=O) groups excluding carboxylic acids is 1. The molecule has 0 saturated carbocycles. The number of nitrogen functional groups attached to an aromatic ring is 1. The molecule has 20 heavy (non-hydrogen) atoms. The summed E-state index contributed by atoms with van der Waals surface area (Å²) in [5.41, 5.74) is 8.23. The minimum absolute atomic E-state index is 0.0818. The van der Waals surface area contributed by atoms with E-state index in [0.717, 1.165) is 11.1 Å². The minimum atomic E-state index is -0.149. The van der Waals surface area contributed by atoms with Crippen molar-refractivity contribution in [2.45, 2.75) is 13.0 Å². The lowest BCUT2D eigenvalue weighted by atomic mass is 10.1. The van der Waals surface area contributed by atoms with E-state index in [1.807, 2.05) is 43.3 Å². The topological polar surface area (TPSA) is 68.0 Å². The number of nitrogens with one attached hydrogen (secondary N) is 1. The number of rotatable bonds is 4. The molecule has 102 valence electrons. The van der Waals surface area contributed by atoms with Crippen LogP contribution in [0, 0.1) is 0 Å². The Morgan fingerprint density at radius 3 is 2.90 bits per heavy atom. The molecule has 0 bridgehead atoms. The van der Waals surface area contributed by atoms with Gasteiger partial charge in [0.1, 0.15) is 0 Å². The van der Waals surface area contributed by atoms with E-state index in [1.165, 1.54) is 6.08 Å². The molecule has 0 radical (unpaired) electrons. The smallest absolute Gasteiger partial charge is 0.244 e. The van der Waals surface area contributed by atoms with Gasteiger partial charge in [-0.1, -0.05) is 18.2 Å². The Bertz CT molecular complexity index is 608. The third kappa shape index (κ3) is 3.95. The SMILES string of the molecule is CC(NC(=O)/C=C/c1cccc(N)c1)c1cccnc1. The second-order valence-corrected chi connectivity index (χ2v) is 4.52. The molecule has 3 N–H and O–H groups in total. The number of pyridine rings is 1. The van der Waals surface area contributed by atoms with Gasteiger partial charge in [0.05, 0.1) is 6.04 Å². The average Bonchev–Trinajstić information content (AvgIpc) is 2.46. The maximum absolute atomic E-state index is 11.8. The standard InChI is InChI=1S/C16H17N3O/c1-12(14-5-3-9-18-11-14)19-16(20)8-7-13-4-2-6-15(17)10-13/h2-12H,17H2,1H3,(H,19,20)/b8-7+. The molecule has 0 fully saturated rings. The number of aromatic nitrogens is 1. The summed E-state index contributed by atoms with van der Waals surface area (Å²) < 4.78 is 0. The lowest BCUT2D eigenvalue weighted by molar-refractivity contribution is -0.117. The summed E-state index contributed by atoms with van der Waals surface area (Å²) in [4.78, 5) is 15.9. The number of hydrogen-bond donors (Lipinski definition) is 2. The fraction of sp³-hybridized carbons (Fsp3) is 0.125. The van der Waals surface area contributed by atoms with Gasteiger partial charge in [-0.15, -0.1) is 0 Å². The summed E-state index contributed by atoms with van der Waals surface area (Å²) in [5.74, 6) is -0.149. The Morgan fingerprint density at radius 2 is 2.20 bits per heavy atom. The second kappa shape index (κ2) is 6.52. The Balaban J connectivity index is 1.96. The molecule has 0 spiro atoms. The van der Waals surface area contributed by atoms with Crippen molar-refractivity contribution in [3.05, 3.63) is 66.0 Å². The van der Waals surface area contributed by atoms with E-state index in [2.05, 4.69) is 10.3 Å². The van der Waals surface area contributed by atoms with Gasteiger partial charge in [-0.05, 0) is 42.3 Å². The summed E-state index contributed by atoms with van der Waals surface area (Å²) in [6, 6.07) is 11.1. The van der Waals surface area contributed by atoms with Crippen LogP contribution in [0.4, 0.5) is 5.69 Å². The van der Waals surface area contributed by atoms with Crippen LogP contribution in [0.25, 0.3) is 6.08 Å². The first-order chi connectivity index (χ1) is 9.65. The predicted octanol–water partition coefficient (Wildman–Crippen LogP) is 2.55. The largest absolute Gasteiger partial charge is 0.399 e. The Labute approximate surface area is 118 Å². The molecule has 1 atom stereocenters. The van der Waals surface area contributed by atoms with Crippen molar-refractivity contribution >= 4 is 17.7 Å². The van der Waals surface area contributed by atoms with Gasteiger partial charge >= 0.3 is 0 Å². The summed E-state index contributed by atoms with van der Waals surface area (Å²) >= 11 is 0. The molecule has 2 aromatic rings. The van der Waals surface area contributed by atoms with E-state index >= 15 is 0 Å². The first-order valence-corrected chi connectivity index (χ1v) is 6.39. The molecule has 1 amide bonds. The van der Waals surface area contributed by atoms with Gasteiger partial charge in [0.25, 0.3) is 0 Å². The molecule has 4 heteroatoms. The lowest BCUT2D eigenvalue weighted by Crippen LogP contribution is -2.24. The summed E-state index contributed by atoms with van der Waals surface area (Å²) in [6.07, 6.45) is 6.69. The maximum atomic E-state index is 11.8. The van der Waals surface area contributed by atoms with Crippen LogP contribution in [-0.2, 0) is 4.79 Å². The van der Waals surface area contributed by atoms with E-state index in [4.69, 9.17) is 5.73 Å². The van der Waals surface area contributed by atoms with Gasteiger partial charge in [-0.25, -0.2) is 0 Å². The van der Waals surface area contributed by atoms with E-state index in [9.17, 15) is 4.79 Å². The molecular formula is C16H17N3O. The van der Waals surface area contributed by atoms with Gasteiger partial charge in [0, 0.05) is 24.2 Å². The van der Waals surface area contributed by atoms with Gasteiger partial charge in [0.15, 0.2) is 0 Å². The van der Waals surface area contributed by atoms with E-state index in [1.54, 1.807) is 18.5 Å². The van der Waals surface area contributed by atoms with Crippen LogP contribution in [0.2, 0.25) is 0 Å². The Kier molecular flexibility index (Phi) is 4.50.